The predicted molar refractivity (Wildman–Crippen MR) is 79.7 cm³/mol. The summed E-state index contributed by atoms with van der Waals surface area (Å²) in [6.45, 7) is 8.15. The van der Waals surface area contributed by atoms with Crippen LogP contribution in [0.3, 0.4) is 0 Å². The number of rotatable bonds is 8. The van der Waals surface area contributed by atoms with Gasteiger partial charge in [0.15, 0.2) is 5.16 Å². The second kappa shape index (κ2) is 7.64. The number of nitrogens with zero attached hydrogens (tertiary/aromatic N) is 3. The van der Waals surface area contributed by atoms with Crippen molar-refractivity contribution in [2.45, 2.75) is 50.9 Å². The molecule has 0 saturated carbocycles. The van der Waals surface area contributed by atoms with Crippen LogP contribution in [0, 0.1) is 0 Å². The maximum atomic E-state index is 12.1. The van der Waals surface area contributed by atoms with Crippen molar-refractivity contribution in [2.75, 3.05) is 12.4 Å². The number of esters is 1. The number of hydrogen-bond donors (Lipinski definition) is 1. The molecule has 0 aliphatic carbocycles. The van der Waals surface area contributed by atoms with E-state index in [-0.39, 0.29) is 12.0 Å². The van der Waals surface area contributed by atoms with E-state index in [9.17, 15) is 4.79 Å². The summed E-state index contributed by atoms with van der Waals surface area (Å²) in [7, 11) is 1.90. The van der Waals surface area contributed by atoms with E-state index in [1.54, 1.807) is 18.1 Å². The van der Waals surface area contributed by atoms with Crippen molar-refractivity contribution in [1.29, 1.82) is 0 Å². The van der Waals surface area contributed by atoms with Crippen LogP contribution in [0.1, 0.15) is 34.1 Å². The molecule has 1 atom stereocenters. The Kier molecular flexibility index (Phi) is 6.48. The summed E-state index contributed by atoms with van der Waals surface area (Å²) in [5, 5.41) is 12.0. The zero-order valence-electron chi connectivity index (χ0n) is 12.8. The Labute approximate surface area is 124 Å². The molecule has 0 aromatic carbocycles. The van der Waals surface area contributed by atoms with Crippen LogP contribution in [-0.2, 0) is 16.6 Å². The first kappa shape index (κ1) is 17.0. The van der Waals surface area contributed by atoms with Gasteiger partial charge in [0.2, 0.25) is 0 Å². The smallest absolute Gasteiger partial charge is 0.326 e. The Hall–Kier alpha value is -1.08. The Morgan fingerprint density at radius 1 is 1.60 bits per heavy atom. The Bertz CT molecular complexity index is 436. The SMILES string of the molecule is CCOC(=O)C(C)(CCSc1nncn1C)NC(C)C. The molecule has 1 aromatic heterocycles. The molecule has 0 aliphatic heterocycles. The first-order chi connectivity index (χ1) is 9.39. The molecule has 1 rings (SSSR count). The molecule has 1 aromatic rings. The van der Waals surface area contributed by atoms with Crippen LogP contribution in [0.4, 0.5) is 0 Å². The number of ether oxygens (including phenoxy) is 1. The third-order valence-corrected chi connectivity index (χ3v) is 3.87. The molecule has 1 N–H and O–H groups in total. The highest BCUT2D eigenvalue weighted by atomic mass is 32.2. The molecule has 114 valence electrons. The molecule has 1 heterocycles. The lowest BCUT2D eigenvalue weighted by atomic mass is 9.98. The summed E-state index contributed by atoms with van der Waals surface area (Å²) in [6, 6.07) is 0.212. The predicted octanol–water partition coefficient (Wildman–Crippen LogP) is 1.62. The number of thioether (sulfide) groups is 1. The van der Waals surface area contributed by atoms with Crippen LogP contribution in [0.5, 0.6) is 0 Å². The number of carbonyl (C=O) groups excluding carboxylic acids is 1. The maximum absolute atomic E-state index is 12.1. The van der Waals surface area contributed by atoms with Gasteiger partial charge in [-0.3, -0.25) is 10.1 Å². The summed E-state index contributed by atoms with van der Waals surface area (Å²) < 4.78 is 7.04. The van der Waals surface area contributed by atoms with Gasteiger partial charge in [-0.2, -0.15) is 0 Å². The lowest BCUT2D eigenvalue weighted by molar-refractivity contribution is -0.150. The zero-order chi connectivity index (χ0) is 15.2. The monoisotopic (exact) mass is 300 g/mol. The van der Waals surface area contributed by atoms with E-state index in [2.05, 4.69) is 15.5 Å². The fraction of sp³-hybridized carbons (Fsp3) is 0.769. The van der Waals surface area contributed by atoms with Crippen molar-refractivity contribution in [1.82, 2.24) is 20.1 Å². The Balaban J connectivity index is 2.60. The largest absolute Gasteiger partial charge is 0.465 e. The number of hydrogen-bond acceptors (Lipinski definition) is 6. The minimum atomic E-state index is -0.671. The second-order valence-electron chi connectivity index (χ2n) is 5.17. The third kappa shape index (κ3) is 4.79. The van der Waals surface area contributed by atoms with Gasteiger partial charge in [0.1, 0.15) is 11.9 Å². The second-order valence-corrected chi connectivity index (χ2v) is 6.24. The van der Waals surface area contributed by atoms with Crippen molar-refractivity contribution in [3.63, 3.8) is 0 Å². The number of carbonyl (C=O) groups is 1. The van der Waals surface area contributed by atoms with Gasteiger partial charge in [-0.15, -0.1) is 10.2 Å². The van der Waals surface area contributed by atoms with Gasteiger partial charge in [-0.25, -0.2) is 0 Å². The standard InChI is InChI=1S/C13H24N4O2S/c1-6-19-11(18)13(4,15-10(2)3)7-8-20-12-16-14-9-17(12)5/h9-10,15H,6-8H2,1-5H3. The summed E-state index contributed by atoms with van der Waals surface area (Å²) in [4.78, 5) is 12.1. The van der Waals surface area contributed by atoms with Gasteiger partial charge >= 0.3 is 5.97 Å². The lowest BCUT2D eigenvalue weighted by Crippen LogP contribution is -2.53. The van der Waals surface area contributed by atoms with Gasteiger partial charge in [-0.05, 0) is 34.1 Å². The van der Waals surface area contributed by atoms with Crippen molar-refractivity contribution in [2.24, 2.45) is 7.05 Å². The van der Waals surface area contributed by atoms with Gasteiger partial charge in [0, 0.05) is 18.8 Å². The highest BCUT2D eigenvalue weighted by Gasteiger charge is 2.34. The molecule has 0 saturated heterocycles. The maximum Gasteiger partial charge on any atom is 0.326 e. The van der Waals surface area contributed by atoms with E-state index >= 15 is 0 Å². The van der Waals surface area contributed by atoms with Crippen LogP contribution in [0.15, 0.2) is 11.5 Å². The number of aryl methyl sites for hydroxylation is 1. The van der Waals surface area contributed by atoms with Crippen molar-refractivity contribution < 1.29 is 9.53 Å². The summed E-state index contributed by atoms with van der Waals surface area (Å²) in [5.41, 5.74) is -0.671. The average molecular weight is 300 g/mol. The van der Waals surface area contributed by atoms with Crippen molar-refractivity contribution in [3.05, 3.63) is 6.33 Å². The minimum Gasteiger partial charge on any atom is -0.465 e. The van der Waals surface area contributed by atoms with Crippen LogP contribution in [0.2, 0.25) is 0 Å². The van der Waals surface area contributed by atoms with Crippen LogP contribution >= 0.6 is 11.8 Å². The normalized spacial score (nSPS) is 14.3. The Morgan fingerprint density at radius 2 is 2.30 bits per heavy atom. The van der Waals surface area contributed by atoms with Crippen molar-refractivity contribution >= 4 is 17.7 Å². The highest BCUT2D eigenvalue weighted by Crippen LogP contribution is 2.21. The van der Waals surface area contributed by atoms with E-state index in [1.807, 2.05) is 39.3 Å². The van der Waals surface area contributed by atoms with Gasteiger partial charge in [0.25, 0.3) is 0 Å². The quantitative estimate of drug-likeness (QED) is 0.581. The molecule has 0 radical (unpaired) electrons. The molecule has 0 fully saturated rings. The minimum absolute atomic E-state index is 0.202. The van der Waals surface area contributed by atoms with Crippen LogP contribution in [-0.4, -0.2) is 44.7 Å². The summed E-state index contributed by atoms with van der Waals surface area (Å²) >= 11 is 1.58. The van der Waals surface area contributed by atoms with Gasteiger partial charge in [-0.1, -0.05) is 11.8 Å². The summed E-state index contributed by atoms with van der Waals surface area (Å²) in [6.07, 6.45) is 2.33. The zero-order valence-corrected chi connectivity index (χ0v) is 13.7. The van der Waals surface area contributed by atoms with E-state index in [4.69, 9.17) is 4.74 Å². The molecule has 6 nitrogen and oxygen atoms in total. The fourth-order valence-corrected chi connectivity index (χ4v) is 2.96. The van der Waals surface area contributed by atoms with Crippen LogP contribution < -0.4 is 5.32 Å². The van der Waals surface area contributed by atoms with Gasteiger partial charge in [0.05, 0.1) is 6.61 Å². The number of nitrogens with one attached hydrogen (secondary N) is 1. The molecule has 7 heteroatoms. The number of aromatic nitrogens is 3. The molecule has 0 amide bonds. The van der Waals surface area contributed by atoms with E-state index in [0.717, 1.165) is 10.9 Å². The fourth-order valence-electron chi connectivity index (χ4n) is 1.91. The molecule has 1 unspecified atom stereocenters. The average Bonchev–Trinajstić information content (AvgIpc) is 2.74. The molecular formula is C13H24N4O2S. The molecular weight excluding hydrogens is 276 g/mol. The highest BCUT2D eigenvalue weighted by molar-refractivity contribution is 7.99. The molecule has 0 bridgehead atoms. The topological polar surface area (TPSA) is 69.0 Å². The van der Waals surface area contributed by atoms with E-state index < -0.39 is 5.54 Å². The third-order valence-electron chi connectivity index (χ3n) is 2.84. The summed E-state index contributed by atoms with van der Waals surface area (Å²) in [5.74, 6) is 0.564. The first-order valence-electron chi connectivity index (χ1n) is 6.80. The van der Waals surface area contributed by atoms with Gasteiger partial charge < -0.3 is 9.30 Å². The molecule has 20 heavy (non-hydrogen) atoms. The van der Waals surface area contributed by atoms with Crippen LogP contribution in [0.25, 0.3) is 0 Å². The van der Waals surface area contributed by atoms with Crippen molar-refractivity contribution in [3.8, 4) is 0 Å². The van der Waals surface area contributed by atoms with E-state index in [1.165, 1.54) is 0 Å². The van der Waals surface area contributed by atoms with E-state index in [0.29, 0.717) is 13.0 Å². The molecule has 0 spiro atoms. The molecule has 0 aliphatic rings. The Morgan fingerprint density at radius 3 is 2.80 bits per heavy atom. The lowest BCUT2D eigenvalue weighted by Gasteiger charge is -2.30. The first-order valence-corrected chi connectivity index (χ1v) is 7.79.